The molecule has 1 fully saturated rings. The molecule has 4 nitrogen and oxygen atoms in total. The standard InChI is InChI=1S/C12H15N3OS/c1-16-12(5-2-3-6-12)11-14-9(13)8-4-7-17-10(8)15-11/h4,7H,2-3,5-6H2,1H3,(H2,13,14,15). The molecule has 5 heteroatoms. The molecule has 0 bridgehead atoms. The number of fused-ring (bicyclic) bond motifs is 1. The van der Waals surface area contributed by atoms with E-state index >= 15 is 0 Å². The van der Waals surface area contributed by atoms with E-state index in [-0.39, 0.29) is 5.60 Å². The zero-order chi connectivity index (χ0) is 11.9. The van der Waals surface area contributed by atoms with Crippen LogP contribution in [-0.4, -0.2) is 17.1 Å². The maximum Gasteiger partial charge on any atom is 0.164 e. The van der Waals surface area contributed by atoms with Crippen molar-refractivity contribution in [3.63, 3.8) is 0 Å². The lowest BCUT2D eigenvalue weighted by Crippen LogP contribution is -2.27. The van der Waals surface area contributed by atoms with Gasteiger partial charge in [-0.1, -0.05) is 0 Å². The Labute approximate surface area is 104 Å². The van der Waals surface area contributed by atoms with E-state index in [1.54, 1.807) is 18.4 Å². The molecule has 17 heavy (non-hydrogen) atoms. The van der Waals surface area contributed by atoms with E-state index in [1.807, 2.05) is 11.4 Å². The largest absolute Gasteiger partial charge is 0.383 e. The van der Waals surface area contributed by atoms with E-state index in [1.165, 1.54) is 12.8 Å². The van der Waals surface area contributed by atoms with Gasteiger partial charge in [-0.25, -0.2) is 9.97 Å². The van der Waals surface area contributed by atoms with Gasteiger partial charge in [0.2, 0.25) is 0 Å². The Hall–Kier alpha value is -1.20. The number of hydrogen-bond donors (Lipinski definition) is 1. The topological polar surface area (TPSA) is 61.0 Å². The van der Waals surface area contributed by atoms with E-state index in [9.17, 15) is 0 Å². The van der Waals surface area contributed by atoms with Crippen LogP contribution in [0.3, 0.4) is 0 Å². The van der Waals surface area contributed by atoms with Gasteiger partial charge in [-0.2, -0.15) is 0 Å². The molecule has 0 aliphatic heterocycles. The van der Waals surface area contributed by atoms with E-state index in [0.717, 1.165) is 28.9 Å². The van der Waals surface area contributed by atoms with Crippen LogP contribution in [0, 0.1) is 0 Å². The molecular formula is C12H15N3OS. The van der Waals surface area contributed by atoms with Gasteiger partial charge in [0.25, 0.3) is 0 Å². The maximum absolute atomic E-state index is 5.98. The van der Waals surface area contributed by atoms with E-state index in [4.69, 9.17) is 10.5 Å². The number of nitrogen functional groups attached to an aromatic ring is 1. The van der Waals surface area contributed by atoms with Crippen LogP contribution >= 0.6 is 11.3 Å². The molecule has 1 saturated carbocycles. The van der Waals surface area contributed by atoms with Crippen molar-refractivity contribution in [3.05, 3.63) is 17.3 Å². The number of nitrogens with two attached hydrogens (primary N) is 1. The molecule has 2 aromatic heterocycles. The zero-order valence-corrected chi connectivity index (χ0v) is 10.6. The molecule has 0 atom stereocenters. The van der Waals surface area contributed by atoms with Crippen molar-refractivity contribution >= 4 is 27.4 Å². The molecule has 3 rings (SSSR count). The summed E-state index contributed by atoms with van der Waals surface area (Å²) in [5, 5.41) is 2.94. The quantitative estimate of drug-likeness (QED) is 0.889. The highest BCUT2D eigenvalue weighted by Gasteiger charge is 2.39. The fraction of sp³-hybridized carbons (Fsp3) is 0.500. The van der Waals surface area contributed by atoms with Crippen molar-refractivity contribution in [1.82, 2.24) is 9.97 Å². The first-order valence-electron chi connectivity index (χ1n) is 5.81. The number of hydrogen-bond acceptors (Lipinski definition) is 5. The van der Waals surface area contributed by atoms with Crippen LogP contribution in [0.1, 0.15) is 31.5 Å². The van der Waals surface area contributed by atoms with Crippen molar-refractivity contribution in [2.75, 3.05) is 12.8 Å². The van der Waals surface area contributed by atoms with Crippen molar-refractivity contribution in [2.45, 2.75) is 31.3 Å². The van der Waals surface area contributed by atoms with Gasteiger partial charge in [-0.3, -0.25) is 0 Å². The third-order valence-electron chi connectivity index (χ3n) is 3.56. The predicted octanol–water partition coefficient (Wildman–Crippen LogP) is 2.69. The summed E-state index contributed by atoms with van der Waals surface area (Å²) in [7, 11) is 1.74. The van der Waals surface area contributed by atoms with E-state index < -0.39 is 0 Å². The Morgan fingerprint density at radius 1 is 1.35 bits per heavy atom. The van der Waals surface area contributed by atoms with Crippen molar-refractivity contribution in [1.29, 1.82) is 0 Å². The molecule has 1 aliphatic carbocycles. The van der Waals surface area contributed by atoms with E-state index in [2.05, 4.69) is 9.97 Å². The van der Waals surface area contributed by atoms with Crippen LogP contribution < -0.4 is 5.73 Å². The SMILES string of the molecule is COC1(c2nc(N)c3ccsc3n2)CCCC1. The molecule has 0 amide bonds. The normalized spacial score (nSPS) is 18.9. The molecule has 2 heterocycles. The summed E-state index contributed by atoms with van der Waals surface area (Å²) in [6.45, 7) is 0. The number of anilines is 1. The summed E-state index contributed by atoms with van der Waals surface area (Å²) in [5.74, 6) is 1.32. The second-order valence-corrected chi connectivity index (χ2v) is 5.37. The van der Waals surface area contributed by atoms with Crippen molar-refractivity contribution < 1.29 is 4.74 Å². The third kappa shape index (κ3) is 1.61. The summed E-state index contributed by atoms with van der Waals surface area (Å²) < 4.78 is 5.69. The fourth-order valence-electron chi connectivity index (χ4n) is 2.55. The van der Waals surface area contributed by atoms with Crippen LogP contribution in [-0.2, 0) is 10.3 Å². The Morgan fingerprint density at radius 3 is 2.82 bits per heavy atom. The van der Waals surface area contributed by atoms with Crippen molar-refractivity contribution in [2.24, 2.45) is 0 Å². The van der Waals surface area contributed by atoms with E-state index in [0.29, 0.717) is 5.82 Å². The number of methoxy groups -OCH3 is 1. The second kappa shape index (κ2) is 3.92. The van der Waals surface area contributed by atoms with Crippen LogP contribution in [0.15, 0.2) is 11.4 Å². The Kier molecular flexibility index (Phi) is 2.52. The summed E-state index contributed by atoms with van der Waals surface area (Å²) >= 11 is 1.60. The molecule has 0 radical (unpaired) electrons. The Bertz CT molecular complexity index is 546. The molecule has 1 aliphatic rings. The number of ether oxygens (including phenoxy) is 1. The number of rotatable bonds is 2. The lowest BCUT2D eigenvalue weighted by atomic mass is 10.0. The minimum atomic E-state index is -0.313. The number of aromatic nitrogens is 2. The van der Waals surface area contributed by atoms with Gasteiger partial charge in [0.05, 0.1) is 5.39 Å². The number of nitrogens with zero attached hydrogens (tertiary/aromatic N) is 2. The zero-order valence-electron chi connectivity index (χ0n) is 9.77. The average molecular weight is 249 g/mol. The van der Waals surface area contributed by atoms with Gasteiger partial charge in [-0.05, 0) is 37.1 Å². The lowest BCUT2D eigenvalue weighted by Gasteiger charge is -2.25. The van der Waals surface area contributed by atoms with Gasteiger partial charge >= 0.3 is 0 Å². The van der Waals surface area contributed by atoms with Crippen LogP contribution in [0.25, 0.3) is 10.2 Å². The van der Waals surface area contributed by atoms with Crippen LogP contribution in [0.4, 0.5) is 5.82 Å². The first-order chi connectivity index (χ1) is 8.25. The Balaban J connectivity index is 2.16. The first-order valence-corrected chi connectivity index (χ1v) is 6.69. The molecule has 0 saturated heterocycles. The summed E-state index contributed by atoms with van der Waals surface area (Å²) in [6, 6.07) is 1.97. The molecule has 0 unspecified atom stereocenters. The van der Waals surface area contributed by atoms with Crippen LogP contribution in [0.2, 0.25) is 0 Å². The minimum absolute atomic E-state index is 0.313. The molecule has 2 N–H and O–H groups in total. The summed E-state index contributed by atoms with van der Waals surface area (Å²) in [4.78, 5) is 10.0. The lowest BCUT2D eigenvalue weighted by molar-refractivity contribution is -0.0158. The summed E-state index contributed by atoms with van der Waals surface area (Å²) in [6.07, 6.45) is 4.30. The number of thiophene rings is 1. The highest BCUT2D eigenvalue weighted by Crippen LogP contribution is 2.41. The molecule has 0 aromatic carbocycles. The predicted molar refractivity (Wildman–Crippen MR) is 69.0 cm³/mol. The van der Waals surface area contributed by atoms with Crippen LogP contribution in [0.5, 0.6) is 0 Å². The second-order valence-electron chi connectivity index (χ2n) is 4.48. The smallest absolute Gasteiger partial charge is 0.164 e. The Morgan fingerprint density at radius 2 is 2.12 bits per heavy atom. The fourth-order valence-corrected chi connectivity index (χ4v) is 3.32. The minimum Gasteiger partial charge on any atom is -0.383 e. The first kappa shape index (κ1) is 10.9. The molecule has 90 valence electrons. The van der Waals surface area contributed by atoms with Gasteiger partial charge < -0.3 is 10.5 Å². The monoisotopic (exact) mass is 249 g/mol. The molecule has 0 spiro atoms. The summed E-state index contributed by atoms with van der Waals surface area (Å²) in [5.41, 5.74) is 5.67. The highest BCUT2D eigenvalue weighted by molar-refractivity contribution is 7.16. The maximum atomic E-state index is 5.98. The highest BCUT2D eigenvalue weighted by atomic mass is 32.1. The third-order valence-corrected chi connectivity index (χ3v) is 4.37. The van der Waals surface area contributed by atoms with Gasteiger partial charge in [0, 0.05) is 7.11 Å². The molecular weight excluding hydrogens is 234 g/mol. The van der Waals surface area contributed by atoms with Gasteiger partial charge in [0.1, 0.15) is 16.2 Å². The average Bonchev–Trinajstić information content (AvgIpc) is 2.98. The molecule has 2 aromatic rings. The van der Waals surface area contributed by atoms with Crippen molar-refractivity contribution in [3.8, 4) is 0 Å². The van der Waals surface area contributed by atoms with Gasteiger partial charge in [-0.15, -0.1) is 11.3 Å². The van der Waals surface area contributed by atoms with Gasteiger partial charge in [0.15, 0.2) is 5.82 Å².